The van der Waals surface area contributed by atoms with Gasteiger partial charge in [0.15, 0.2) is 0 Å². The number of nitrogens with two attached hydrogens (primary N) is 1. The fourth-order valence-corrected chi connectivity index (χ4v) is 2.79. The Bertz CT molecular complexity index is 539. The number of carbonyl (C=O) groups is 2. The lowest BCUT2D eigenvalue weighted by Gasteiger charge is -2.20. The molecule has 4 N–H and O–H groups in total. The van der Waals surface area contributed by atoms with Crippen LogP contribution in [-0.2, 0) is 14.3 Å². The number of hydrogen-bond donors (Lipinski definition) is 3. The van der Waals surface area contributed by atoms with Crippen LogP contribution in [0.15, 0.2) is 12.1 Å². The van der Waals surface area contributed by atoms with Crippen LogP contribution in [0.25, 0.3) is 0 Å². The molecule has 0 aliphatic heterocycles. The van der Waals surface area contributed by atoms with Crippen molar-refractivity contribution in [3.05, 3.63) is 26.3 Å². The SMILES string of the molecule is CCOC(=O)C[C@H](NC(=O)CN)c1cc(Cl)cc(I)c1O. The maximum atomic E-state index is 11.7. The molecule has 0 saturated heterocycles. The second-order valence-corrected chi connectivity index (χ2v) is 5.76. The number of esters is 1. The molecule has 1 amide bonds. The maximum absolute atomic E-state index is 11.7. The average molecular weight is 427 g/mol. The first-order valence-corrected chi connectivity index (χ1v) is 7.67. The van der Waals surface area contributed by atoms with E-state index in [2.05, 4.69) is 5.32 Å². The van der Waals surface area contributed by atoms with Gasteiger partial charge in [0, 0.05) is 10.6 Å². The highest BCUT2D eigenvalue weighted by Crippen LogP contribution is 2.34. The quantitative estimate of drug-likeness (QED) is 0.475. The maximum Gasteiger partial charge on any atom is 0.308 e. The lowest BCUT2D eigenvalue weighted by atomic mass is 10.0. The van der Waals surface area contributed by atoms with Gasteiger partial charge < -0.3 is 20.9 Å². The highest BCUT2D eigenvalue weighted by Gasteiger charge is 2.23. The Labute approximate surface area is 141 Å². The topological polar surface area (TPSA) is 102 Å². The second kappa shape index (κ2) is 8.40. The Hall–Kier alpha value is -1.06. The molecule has 0 bridgehead atoms. The summed E-state index contributed by atoms with van der Waals surface area (Å²) in [5.41, 5.74) is 5.62. The predicted octanol–water partition coefficient (Wildman–Crippen LogP) is 1.72. The van der Waals surface area contributed by atoms with E-state index >= 15 is 0 Å². The Kier molecular flexibility index (Phi) is 7.20. The lowest BCUT2D eigenvalue weighted by molar-refractivity contribution is -0.143. The van der Waals surface area contributed by atoms with Crippen molar-refractivity contribution in [3.8, 4) is 5.75 Å². The zero-order valence-electron chi connectivity index (χ0n) is 11.4. The van der Waals surface area contributed by atoms with E-state index < -0.39 is 17.9 Å². The van der Waals surface area contributed by atoms with Crippen molar-refractivity contribution in [2.24, 2.45) is 5.73 Å². The van der Waals surface area contributed by atoms with Crippen LogP contribution in [0.3, 0.4) is 0 Å². The zero-order chi connectivity index (χ0) is 16.0. The van der Waals surface area contributed by atoms with Gasteiger partial charge in [-0.1, -0.05) is 11.6 Å². The van der Waals surface area contributed by atoms with Crippen LogP contribution < -0.4 is 11.1 Å². The molecule has 0 radical (unpaired) electrons. The van der Waals surface area contributed by atoms with E-state index in [-0.39, 0.29) is 25.3 Å². The Morgan fingerprint density at radius 2 is 2.19 bits per heavy atom. The van der Waals surface area contributed by atoms with Gasteiger partial charge in [-0.25, -0.2) is 0 Å². The summed E-state index contributed by atoms with van der Waals surface area (Å²) in [6.07, 6.45) is -0.121. The van der Waals surface area contributed by atoms with Crippen molar-refractivity contribution >= 4 is 46.1 Å². The third-order valence-corrected chi connectivity index (χ3v) is 3.67. The Morgan fingerprint density at radius 1 is 1.52 bits per heavy atom. The standard InChI is InChI=1S/C13H16ClIN2O4/c1-2-21-12(19)5-10(17-11(18)6-16)8-3-7(14)4-9(15)13(8)20/h3-4,10,20H,2,5-6,16H2,1H3,(H,17,18)/t10-/m0/s1. The van der Waals surface area contributed by atoms with Gasteiger partial charge in [0.2, 0.25) is 5.91 Å². The largest absolute Gasteiger partial charge is 0.506 e. The zero-order valence-corrected chi connectivity index (χ0v) is 14.3. The number of hydrogen-bond acceptors (Lipinski definition) is 5. The van der Waals surface area contributed by atoms with E-state index in [9.17, 15) is 14.7 Å². The molecule has 0 aliphatic carbocycles. The summed E-state index contributed by atoms with van der Waals surface area (Å²) in [7, 11) is 0. The van der Waals surface area contributed by atoms with Crippen LogP contribution in [0, 0.1) is 3.57 Å². The van der Waals surface area contributed by atoms with E-state index in [1.54, 1.807) is 13.0 Å². The van der Waals surface area contributed by atoms with Crippen LogP contribution in [0.2, 0.25) is 5.02 Å². The van der Waals surface area contributed by atoms with Crippen LogP contribution in [-0.4, -0.2) is 30.1 Å². The minimum absolute atomic E-state index is 0.0355. The first kappa shape index (κ1) is 18.0. The first-order chi connectivity index (χ1) is 9.88. The fourth-order valence-electron chi connectivity index (χ4n) is 1.73. The van der Waals surface area contributed by atoms with Gasteiger partial charge in [0.25, 0.3) is 0 Å². The monoisotopic (exact) mass is 426 g/mol. The number of phenols is 1. The van der Waals surface area contributed by atoms with Crippen molar-refractivity contribution < 1.29 is 19.4 Å². The van der Waals surface area contributed by atoms with Gasteiger partial charge >= 0.3 is 5.97 Å². The van der Waals surface area contributed by atoms with E-state index in [0.29, 0.717) is 14.2 Å². The van der Waals surface area contributed by atoms with E-state index in [4.69, 9.17) is 22.1 Å². The van der Waals surface area contributed by atoms with E-state index in [0.717, 1.165) is 0 Å². The molecule has 0 saturated carbocycles. The lowest BCUT2D eigenvalue weighted by Crippen LogP contribution is -2.35. The highest BCUT2D eigenvalue weighted by atomic mass is 127. The molecule has 0 fully saturated rings. The number of carbonyl (C=O) groups excluding carboxylic acids is 2. The van der Waals surface area contributed by atoms with Crippen molar-refractivity contribution in [2.75, 3.05) is 13.2 Å². The van der Waals surface area contributed by atoms with Crippen LogP contribution in [0.5, 0.6) is 5.75 Å². The smallest absolute Gasteiger partial charge is 0.308 e. The second-order valence-electron chi connectivity index (χ2n) is 4.16. The first-order valence-electron chi connectivity index (χ1n) is 6.22. The summed E-state index contributed by atoms with van der Waals surface area (Å²) in [5.74, 6) is -0.973. The van der Waals surface area contributed by atoms with Crippen molar-refractivity contribution in [1.82, 2.24) is 5.32 Å². The number of benzene rings is 1. The van der Waals surface area contributed by atoms with E-state index in [1.165, 1.54) is 6.07 Å². The predicted molar refractivity (Wildman–Crippen MR) is 87.0 cm³/mol. The summed E-state index contributed by atoms with van der Waals surface area (Å²) in [5, 5.41) is 13.1. The van der Waals surface area contributed by atoms with Crippen molar-refractivity contribution in [1.29, 1.82) is 0 Å². The third kappa shape index (κ3) is 5.33. The van der Waals surface area contributed by atoms with E-state index in [1.807, 2.05) is 22.6 Å². The normalized spacial score (nSPS) is 11.8. The van der Waals surface area contributed by atoms with Gasteiger partial charge in [-0.2, -0.15) is 0 Å². The molecular formula is C13H16ClIN2O4. The molecule has 116 valence electrons. The fraction of sp³-hybridized carbons (Fsp3) is 0.385. The number of nitrogens with one attached hydrogen (secondary N) is 1. The van der Waals surface area contributed by atoms with Gasteiger partial charge in [-0.3, -0.25) is 9.59 Å². The van der Waals surface area contributed by atoms with Gasteiger partial charge in [0.05, 0.1) is 29.2 Å². The molecule has 1 rings (SSSR count). The van der Waals surface area contributed by atoms with Gasteiger partial charge in [-0.15, -0.1) is 0 Å². The minimum atomic E-state index is -0.757. The third-order valence-electron chi connectivity index (χ3n) is 2.63. The van der Waals surface area contributed by atoms with Gasteiger partial charge in [-0.05, 0) is 41.6 Å². The number of rotatable bonds is 6. The summed E-state index contributed by atoms with van der Waals surface area (Å²) < 4.78 is 5.39. The molecule has 1 aromatic rings. The number of ether oxygens (including phenoxy) is 1. The minimum Gasteiger partial charge on any atom is -0.506 e. The number of amides is 1. The Morgan fingerprint density at radius 3 is 2.76 bits per heavy atom. The summed E-state index contributed by atoms with van der Waals surface area (Å²) >= 11 is 7.88. The highest BCUT2D eigenvalue weighted by molar-refractivity contribution is 14.1. The molecule has 6 nitrogen and oxygen atoms in total. The molecule has 8 heteroatoms. The molecule has 0 unspecified atom stereocenters. The molecular weight excluding hydrogens is 411 g/mol. The molecule has 21 heavy (non-hydrogen) atoms. The number of halogens is 2. The summed E-state index contributed by atoms with van der Waals surface area (Å²) in [6, 6.07) is 2.32. The van der Waals surface area contributed by atoms with Gasteiger partial charge in [0.1, 0.15) is 5.75 Å². The van der Waals surface area contributed by atoms with Crippen LogP contribution in [0.4, 0.5) is 0 Å². The van der Waals surface area contributed by atoms with Crippen LogP contribution >= 0.6 is 34.2 Å². The molecule has 1 aromatic carbocycles. The Balaban J connectivity index is 3.10. The van der Waals surface area contributed by atoms with Crippen molar-refractivity contribution in [3.63, 3.8) is 0 Å². The molecule has 0 spiro atoms. The molecule has 1 atom stereocenters. The number of aromatic hydroxyl groups is 1. The number of phenolic OH excluding ortho intramolecular Hbond substituents is 1. The molecule has 0 aliphatic rings. The molecule has 0 aromatic heterocycles. The van der Waals surface area contributed by atoms with Crippen molar-refractivity contribution in [2.45, 2.75) is 19.4 Å². The average Bonchev–Trinajstić information content (AvgIpc) is 2.42. The summed E-state index contributed by atoms with van der Waals surface area (Å²) in [6.45, 7) is 1.69. The van der Waals surface area contributed by atoms with Crippen LogP contribution in [0.1, 0.15) is 24.9 Å². The summed E-state index contributed by atoms with van der Waals surface area (Å²) in [4.78, 5) is 23.2. The molecule has 0 heterocycles.